The Morgan fingerprint density at radius 3 is 2.94 bits per heavy atom. The van der Waals surface area contributed by atoms with Crippen LogP contribution in [0, 0.1) is 16.0 Å². The van der Waals surface area contributed by atoms with Gasteiger partial charge in [-0.25, -0.2) is 4.98 Å². The predicted octanol–water partition coefficient (Wildman–Crippen LogP) is 3.32. The molecule has 0 saturated heterocycles. The maximum absolute atomic E-state index is 10.8. The van der Waals surface area contributed by atoms with Gasteiger partial charge in [-0.1, -0.05) is 19.3 Å². The third-order valence-electron chi connectivity index (χ3n) is 2.99. The Labute approximate surface area is 107 Å². The van der Waals surface area contributed by atoms with E-state index in [0.717, 1.165) is 12.3 Å². The number of hydrogen-bond donors (Lipinski definition) is 0. The quantitative estimate of drug-likeness (QED) is 0.618. The van der Waals surface area contributed by atoms with E-state index in [2.05, 4.69) is 20.9 Å². The van der Waals surface area contributed by atoms with Gasteiger partial charge in [-0.3, -0.25) is 10.1 Å². The van der Waals surface area contributed by atoms with Crippen LogP contribution in [0.1, 0.15) is 25.7 Å². The molecule has 0 aromatic carbocycles. The second kappa shape index (κ2) is 5.44. The second-order valence-electron chi connectivity index (χ2n) is 4.17. The van der Waals surface area contributed by atoms with Crippen molar-refractivity contribution in [3.05, 3.63) is 26.9 Å². The first-order chi connectivity index (χ1) is 8.16. The van der Waals surface area contributed by atoms with E-state index >= 15 is 0 Å². The molecule has 1 aliphatic carbocycles. The van der Waals surface area contributed by atoms with Gasteiger partial charge in [-0.15, -0.1) is 0 Å². The van der Waals surface area contributed by atoms with Crippen molar-refractivity contribution >= 4 is 21.6 Å². The molecule has 2 rings (SSSR count). The molecule has 0 atom stereocenters. The minimum Gasteiger partial charge on any atom is -0.473 e. The number of nitrogens with zero attached hydrogens (tertiary/aromatic N) is 2. The summed E-state index contributed by atoms with van der Waals surface area (Å²) in [6, 6.07) is 1.41. The molecular formula is C11H13BrN2O3. The second-order valence-corrected chi connectivity index (χ2v) is 5.08. The van der Waals surface area contributed by atoms with Crippen molar-refractivity contribution in [3.8, 4) is 5.88 Å². The smallest absolute Gasteiger partial charge is 0.332 e. The van der Waals surface area contributed by atoms with Crippen molar-refractivity contribution in [3.63, 3.8) is 0 Å². The fourth-order valence-corrected chi connectivity index (χ4v) is 2.08. The first-order valence-corrected chi connectivity index (χ1v) is 6.39. The van der Waals surface area contributed by atoms with E-state index in [-0.39, 0.29) is 11.6 Å². The Bertz CT molecular complexity index is 421. The number of aromatic nitrogens is 1. The van der Waals surface area contributed by atoms with Crippen LogP contribution >= 0.6 is 15.9 Å². The largest absolute Gasteiger partial charge is 0.473 e. The van der Waals surface area contributed by atoms with E-state index in [1.165, 1.54) is 31.5 Å². The molecule has 0 aliphatic heterocycles. The standard InChI is InChI=1S/C11H13BrN2O3/c12-9-6-10(14(15)16)11(13-7-9)17-5-4-8-2-1-3-8/h6-8H,1-5H2. The molecule has 0 unspecified atom stereocenters. The van der Waals surface area contributed by atoms with Crippen LogP contribution in [-0.4, -0.2) is 16.5 Å². The number of pyridine rings is 1. The van der Waals surface area contributed by atoms with Crippen molar-refractivity contribution in [1.82, 2.24) is 4.98 Å². The highest BCUT2D eigenvalue weighted by Gasteiger charge is 2.20. The van der Waals surface area contributed by atoms with Gasteiger partial charge in [0.05, 0.1) is 11.5 Å². The Balaban J connectivity index is 1.96. The SMILES string of the molecule is O=[N+]([O-])c1cc(Br)cnc1OCCC1CCC1. The van der Waals surface area contributed by atoms with Gasteiger partial charge in [0, 0.05) is 16.7 Å². The highest BCUT2D eigenvalue weighted by molar-refractivity contribution is 9.10. The molecule has 1 aromatic rings. The third kappa shape index (κ3) is 3.15. The van der Waals surface area contributed by atoms with E-state index in [9.17, 15) is 10.1 Å². The van der Waals surface area contributed by atoms with Crippen molar-refractivity contribution < 1.29 is 9.66 Å². The summed E-state index contributed by atoms with van der Waals surface area (Å²) in [4.78, 5) is 14.3. The minimum absolute atomic E-state index is 0.0898. The van der Waals surface area contributed by atoms with Crippen LogP contribution in [0.25, 0.3) is 0 Å². The predicted molar refractivity (Wildman–Crippen MR) is 66.0 cm³/mol. The van der Waals surface area contributed by atoms with Gasteiger partial charge >= 0.3 is 5.69 Å². The minimum atomic E-state index is -0.476. The lowest BCUT2D eigenvalue weighted by Crippen LogP contribution is -2.15. The molecule has 1 aliphatic rings. The van der Waals surface area contributed by atoms with Gasteiger partial charge in [-0.05, 0) is 28.3 Å². The molecule has 0 amide bonds. The zero-order chi connectivity index (χ0) is 12.3. The lowest BCUT2D eigenvalue weighted by atomic mass is 9.83. The maximum Gasteiger partial charge on any atom is 0.332 e. The van der Waals surface area contributed by atoms with Gasteiger partial charge < -0.3 is 4.74 Å². The molecule has 1 heterocycles. The molecule has 17 heavy (non-hydrogen) atoms. The zero-order valence-corrected chi connectivity index (χ0v) is 10.9. The number of nitro groups is 1. The Kier molecular flexibility index (Phi) is 3.93. The summed E-state index contributed by atoms with van der Waals surface area (Å²) in [5.41, 5.74) is -0.0898. The zero-order valence-electron chi connectivity index (χ0n) is 9.26. The summed E-state index contributed by atoms with van der Waals surface area (Å²) in [6.07, 6.45) is 6.25. The Morgan fingerprint density at radius 1 is 1.59 bits per heavy atom. The average Bonchev–Trinajstić information content (AvgIpc) is 2.23. The summed E-state index contributed by atoms with van der Waals surface area (Å²) in [7, 11) is 0. The van der Waals surface area contributed by atoms with Crippen LogP contribution in [0.15, 0.2) is 16.7 Å². The van der Waals surface area contributed by atoms with Crippen LogP contribution < -0.4 is 4.74 Å². The monoisotopic (exact) mass is 300 g/mol. The van der Waals surface area contributed by atoms with E-state index in [1.54, 1.807) is 0 Å². The van der Waals surface area contributed by atoms with Crippen LogP contribution in [0.2, 0.25) is 0 Å². The van der Waals surface area contributed by atoms with E-state index in [4.69, 9.17) is 4.74 Å². The highest BCUT2D eigenvalue weighted by atomic mass is 79.9. The normalized spacial score (nSPS) is 15.4. The van der Waals surface area contributed by atoms with Crippen molar-refractivity contribution in [2.45, 2.75) is 25.7 Å². The lowest BCUT2D eigenvalue weighted by molar-refractivity contribution is -0.386. The summed E-state index contributed by atoms with van der Waals surface area (Å²) in [5, 5.41) is 10.8. The van der Waals surface area contributed by atoms with Crippen LogP contribution in [0.5, 0.6) is 5.88 Å². The van der Waals surface area contributed by atoms with Crippen molar-refractivity contribution in [2.24, 2.45) is 5.92 Å². The fraction of sp³-hybridized carbons (Fsp3) is 0.545. The van der Waals surface area contributed by atoms with Crippen molar-refractivity contribution in [1.29, 1.82) is 0 Å². The van der Waals surface area contributed by atoms with E-state index in [0.29, 0.717) is 11.1 Å². The Morgan fingerprint density at radius 2 is 2.35 bits per heavy atom. The van der Waals surface area contributed by atoms with Crippen LogP contribution in [-0.2, 0) is 0 Å². The summed E-state index contributed by atoms with van der Waals surface area (Å²) < 4.78 is 5.97. The van der Waals surface area contributed by atoms with Gasteiger partial charge in [-0.2, -0.15) is 0 Å². The fourth-order valence-electron chi connectivity index (χ4n) is 1.76. The molecule has 0 N–H and O–H groups in total. The van der Waals surface area contributed by atoms with E-state index < -0.39 is 4.92 Å². The summed E-state index contributed by atoms with van der Waals surface area (Å²) in [6.45, 7) is 0.500. The third-order valence-corrected chi connectivity index (χ3v) is 3.42. The maximum atomic E-state index is 10.8. The molecular weight excluding hydrogens is 288 g/mol. The molecule has 6 heteroatoms. The molecule has 92 valence electrons. The van der Waals surface area contributed by atoms with Gasteiger partial charge in [0.25, 0.3) is 5.88 Å². The van der Waals surface area contributed by atoms with Gasteiger partial charge in [0.15, 0.2) is 0 Å². The highest BCUT2D eigenvalue weighted by Crippen LogP contribution is 2.31. The molecule has 5 nitrogen and oxygen atoms in total. The summed E-state index contributed by atoms with van der Waals surface area (Å²) in [5.74, 6) is 0.835. The molecule has 1 aromatic heterocycles. The number of halogens is 1. The first kappa shape index (κ1) is 12.3. The number of rotatable bonds is 5. The lowest BCUT2D eigenvalue weighted by Gasteiger charge is -2.24. The molecule has 0 bridgehead atoms. The average molecular weight is 301 g/mol. The first-order valence-electron chi connectivity index (χ1n) is 5.59. The topological polar surface area (TPSA) is 65.3 Å². The van der Waals surface area contributed by atoms with Crippen molar-refractivity contribution in [2.75, 3.05) is 6.61 Å². The molecule has 0 spiro atoms. The molecule has 0 radical (unpaired) electrons. The number of hydrogen-bond acceptors (Lipinski definition) is 4. The van der Waals surface area contributed by atoms with Gasteiger partial charge in [0.1, 0.15) is 0 Å². The van der Waals surface area contributed by atoms with Gasteiger partial charge in [0.2, 0.25) is 0 Å². The molecule has 1 fully saturated rings. The van der Waals surface area contributed by atoms with Crippen LogP contribution in [0.4, 0.5) is 5.69 Å². The number of ether oxygens (including phenoxy) is 1. The summed E-state index contributed by atoms with van der Waals surface area (Å²) >= 11 is 3.15. The van der Waals surface area contributed by atoms with Crippen LogP contribution in [0.3, 0.4) is 0 Å². The molecule has 1 saturated carbocycles. The van der Waals surface area contributed by atoms with E-state index in [1.807, 2.05) is 0 Å². The Hall–Kier alpha value is -1.17.